The van der Waals surface area contributed by atoms with Gasteiger partial charge in [0.05, 0.1) is 13.2 Å². The summed E-state index contributed by atoms with van der Waals surface area (Å²) in [5, 5.41) is 19.5. The molecule has 4 heterocycles. The molecule has 0 radical (unpaired) electrons. The van der Waals surface area contributed by atoms with Gasteiger partial charge < -0.3 is 48.1 Å². The molecule has 1 aliphatic carbocycles. The predicted molar refractivity (Wildman–Crippen MR) is 131 cm³/mol. The van der Waals surface area contributed by atoms with E-state index in [0.717, 1.165) is 30.9 Å². The quantitative estimate of drug-likeness (QED) is 0.357. The number of carbonyl (C=O) groups excluding carboxylic acids is 2. The SMILES string of the molecule is CNc1nnc(C2CCCCC2)s1.C[S-].O=C(NC1=N[N-]1)C1CCOC1.O=CC1CCOC1.[U+2]. The summed E-state index contributed by atoms with van der Waals surface area (Å²) in [5.74, 6) is 1.30. The normalized spacial score (nSPS) is 22.5. The van der Waals surface area contributed by atoms with Crippen molar-refractivity contribution in [3.8, 4) is 0 Å². The molecular weight excluding hydrogens is 702 g/mol. The zero-order valence-electron chi connectivity index (χ0n) is 19.8. The van der Waals surface area contributed by atoms with Gasteiger partial charge in [0.15, 0.2) is 5.91 Å². The molecular formula is C21H34N6O4S2U. The first-order chi connectivity index (χ1) is 16.2. The van der Waals surface area contributed by atoms with Crippen LogP contribution in [0.3, 0.4) is 0 Å². The van der Waals surface area contributed by atoms with Crippen LogP contribution in [0.4, 0.5) is 5.13 Å². The largest absolute Gasteiger partial charge is 2.00 e. The number of aromatic nitrogens is 2. The van der Waals surface area contributed by atoms with Crippen LogP contribution in [0.1, 0.15) is 55.9 Å². The zero-order valence-corrected chi connectivity index (χ0v) is 25.6. The van der Waals surface area contributed by atoms with Crippen LogP contribution in [0.5, 0.6) is 0 Å². The van der Waals surface area contributed by atoms with Gasteiger partial charge in [-0.25, -0.2) is 0 Å². The minimum absolute atomic E-state index is 0. The van der Waals surface area contributed by atoms with Crippen LogP contribution in [-0.4, -0.2) is 68.1 Å². The Balaban J connectivity index is 0.000000251. The Hall–Kier alpha value is -0.708. The number of amides is 1. The van der Waals surface area contributed by atoms with E-state index in [1.165, 1.54) is 37.1 Å². The van der Waals surface area contributed by atoms with Gasteiger partial charge in [0.1, 0.15) is 11.3 Å². The zero-order chi connectivity index (χ0) is 23.9. The Kier molecular flexibility index (Phi) is 17.1. The minimum Gasteiger partial charge on any atom is -0.796 e. The smallest absolute Gasteiger partial charge is 0.796 e. The number of rotatable bonds is 4. The first-order valence-electron chi connectivity index (χ1n) is 11.3. The number of nitrogens with one attached hydrogen (secondary N) is 2. The topological polar surface area (TPSA) is 129 Å². The fourth-order valence-corrected chi connectivity index (χ4v) is 4.40. The molecule has 188 valence electrons. The van der Waals surface area contributed by atoms with Gasteiger partial charge in [0.2, 0.25) is 5.13 Å². The molecule has 5 rings (SSSR count). The molecule has 1 saturated carbocycles. The first kappa shape index (κ1) is 31.3. The van der Waals surface area contributed by atoms with Gasteiger partial charge in [-0.1, -0.05) is 30.6 Å². The summed E-state index contributed by atoms with van der Waals surface area (Å²) in [4.78, 5) is 21.1. The molecule has 0 aromatic carbocycles. The summed E-state index contributed by atoms with van der Waals surface area (Å²) in [6.45, 7) is 2.62. The summed E-state index contributed by atoms with van der Waals surface area (Å²) in [6.07, 6.45) is 11.0. The Morgan fingerprint density at radius 2 is 1.76 bits per heavy atom. The fraction of sp³-hybridized carbons (Fsp3) is 0.762. The van der Waals surface area contributed by atoms with Crippen molar-refractivity contribution in [3.05, 3.63) is 10.4 Å². The third-order valence-electron chi connectivity index (χ3n) is 5.50. The monoisotopic (exact) mass is 736 g/mol. The van der Waals surface area contributed by atoms with E-state index >= 15 is 0 Å². The van der Waals surface area contributed by atoms with E-state index in [9.17, 15) is 9.59 Å². The molecule has 3 fully saturated rings. The van der Waals surface area contributed by atoms with Crippen LogP contribution in [0.2, 0.25) is 0 Å². The fourth-order valence-electron chi connectivity index (χ4n) is 3.54. The van der Waals surface area contributed by atoms with E-state index < -0.39 is 0 Å². The van der Waals surface area contributed by atoms with Crippen LogP contribution >= 0.6 is 11.3 Å². The molecule has 4 aliphatic rings. The maximum Gasteiger partial charge on any atom is 2.00 e. The molecule has 1 aromatic heterocycles. The van der Waals surface area contributed by atoms with Crippen LogP contribution in [0.25, 0.3) is 5.43 Å². The van der Waals surface area contributed by atoms with E-state index in [1.54, 1.807) is 17.6 Å². The molecule has 1 aromatic rings. The van der Waals surface area contributed by atoms with Crippen LogP contribution < -0.4 is 10.6 Å². The van der Waals surface area contributed by atoms with E-state index in [2.05, 4.69) is 44.0 Å². The average Bonchev–Trinajstić information content (AvgIpc) is 3.35. The van der Waals surface area contributed by atoms with Gasteiger partial charge in [-0.05, 0) is 25.7 Å². The van der Waals surface area contributed by atoms with Gasteiger partial charge >= 0.3 is 31.1 Å². The first-order valence-corrected chi connectivity index (χ1v) is 12.9. The molecule has 0 bridgehead atoms. The predicted octanol–water partition coefficient (Wildman–Crippen LogP) is 2.81. The van der Waals surface area contributed by atoms with Gasteiger partial charge in [-0.3, -0.25) is 4.79 Å². The summed E-state index contributed by atoms with van der Waals surface area (Å²) < 4.78 is 9.97. The second-order valence-corrected chi connectivity index (χ2v) is 8.87. The number of hydrogen-bond donors (Lipinski definition) is 2. The van der Waals surface area contributed by atoms with Crippen molar-refractivity contribution < 1.29 is 50.2 Å². The van der Waals surface area contributed by atoms with Gasteiger partial charge in [-0.2, -0.15) is 6.26 Å². The Morgan fingerprint density at radius 1 is 1.09 bits per heavy atom. The van der Waals surface area contributed by atoms with E-state index in [4.69, 9.17) is 9.47 Å². The van der Waals surface area contributed by atoms with Crippen molar-refractivity contribution in [1.29, 1.82) is 0 Å². The van der Waals surface area contributed by atoms with Gasteiger partial charge in [0.25, 0.3) is 0 Å². The average molecular weight is 737 g/mol. The number of aldehydes is 1. The number of anilines is 1. The third kappa shape index (κ3) is 11.8. The molecule has 2 unspecified atom stereocenters. The number of carbonyl (C=O) groups is 2. The molecule has 2 saturated heterocycles. The maximum atomic E-state index is 11.2. The summed E-state index contributed by atoms with van der Waals surface area (Å²) in [5.41, 5.74) is 3.48. The Labute approximate surface area is 235 Å². The molecule has 13 heteroatoms. The molecule has 0 spiro atoms. The summed E-state index contributed by atoms with van der Waals surface area (Å²) in [6, 6.07) is 0. The van der Waals surface area contributed by atoms with Crippen molar-refractivity contribution in [2.45, 2.75) is 50.9 Å². The van der Waals surface area contributed by atoms with Crippen molar-refractivity contribution >= 4 is 47.3 Å². The van der Waals surface area contributed by atoms with Gasteiger partial charge in [0, 0.05) is 44.0 Å². The van der Waals surface area contributed by atoms with Crippen molar-refractivity contribution in [2.24, 2.45) is 16.9 Å². The molecule has 1 amide bonds. The van der Waals surface area contributed by atoms with Crippen LogP contribution in [0, 0.1) is 42.9 Å². The van der Waals surface area contributed by atoms with Gasteiger partial charge in [-0.15, -0.1) is 10.2 Å². The summed E-state index contributed by atoms with van der Waals surface area (Å²) >= 11 is 5.79. The van der Waals surface area contributed by atoms with E-state index in [-0.39, 0.29) is 48.9 Å². The molecule has 2 atom stereocenters. The third-order valence-corrected chi connectivity index (χ3v) is 6.60. The summed E-state index contributed by atoms with van der Waals surface area (Å²) in [7, 11) is 1.89. The number of nitrogens with zero attached hydrogens (tertiary/aromatic N) is 4. The van der Waals surface area contributed by atoms with Crippen LogP contribution in [0.15, 0.2) is 5.10 Å². The standard InChI is InChI=1S/C9H15N3S.C6H9N3O2.C5H8O2.CH4S.U/c1-10-9-12-11-8(13-9)7-5-3-2-4-6-7;10-5(7-6-8-9-6)4-1-2-11-3-4;6-3-5-1-2-7-4-5;1-2;/h7H,2-6H2,1H3,(H,10,12);4H,1-3H2,(H2,7,8,9,10);3,5H,1-2,4H2;2H,1H3;/q;;;;+2/p-2. The maximum absolute atomic E-state index is 11.2. The van der Waals surface area contributed by atoms with Crippen molar-refractivity contribution in [2.75, 3.05) is 45.0 Å². The molecule has 2 N–H and O–H groups in total. The molecule has 3 aliphatic heterocycles. The number of ether oxygens (including phenoxy) is 2. The van der Waals surface area contributed by atoms with E-state index in [1.807, 2.05) is 7.05 Å². The van der Waals surface area contributed by atoms with E-state index in [0.29, 0.717) is 31.7 Å². The Morgan fingerprint density at radius 3 is 2.24 bits per heavy atom. The number of hydrogen-bond acceptors (Lipinski definition) is 10. The Bertz CT molecular complexity index is 737. The minimum atomic E-state index is -0.0255. The second kappa shape index (κ2) is 18.5. The molecule has 34 heavy (non-hydrogen) atoms. The molecule has 10 nitrogen and oxygen atoms in total. The van der Waals surface area contributed by atoms with Crippen molar-refractivity contribution in [1.82, 2.24) is 15.5 Å². The van der Waals surface area contributed by atoms with Crippen LogP contribution in [-0.2, 0) is 31.7 Å². The second-order valence-electron chi connectivity index (χ2n) is 7.86. The number of guanidine groups is 1. The van der Waals surface area contributed by atoms with Crippen molar-refractivity contribution in [3.63, 3.8) is 0 Å².